The van der Waals surface area contributed by atoms with Gasteiger partial charge in [0.1, 0.15) is 0 Å². The topological polar surface area (TPSA) is 95.6 Å². The molecule has 0 heterocycles. The Labute approximate surface area is 153 Å². The number of carbonyl (C=O) groups excluding carboxylic acids is 2. The average Bonchev–Trinajstić information content (AvgIpc) is 2.62. The molecular formula is C18H21N3O4S. The van der Waals surface area contributed by atoms with Crippen LogP contribution in [0, 0.1) is 0 Å². The highest BCUT2D eigenvalue weighted by Crippen LogP contribution is 2.16. The van der Waals surface area contributed by atoms with E-state index in [0.29, 0.717) is 23.4 Å². The molecule has 7 nitrogen and oxygen atoms in total. The van der Waals surface area contributed by atoms with E-state index in [1.165, 1.54) is 38.4 Å². The van der Waals surface area contributed by atoms with Crippen LogP contribution in [0.5, 0.6) is 0 Å². The third-order valence-electron chi connectivity index (χ3n) is 3.64. The van der Waals surface area contributed by atoms with Gasteiger partial charge in [0, 0.05) is 37.5 Å². The smallest absolute Gasteiger partial charge is 0.255 e. The molecule has 0 bridgehead atoms. The zero-order chi connectivity index (χ0) is 19.3. The molecule has 0 aliphatic rings. The highest BCUT2D eigenvalue weighted by atomic mass is 32.2. The molecule has 2 N–H and O–H groups in total. The molecule has 0 spiro atoms. The van der Waals surface area contributed by atoms with Crippen molar-refractivity contribution >= 4 is 27.5 Å². The van der Waals surface area contributed by atoms with E-state index in [-0.39, 0.29) is 16.7 Å². The number of hydrogen-bond acceptors (Lipinski definition) is 4. The van der Waals surface area contributed by atoms with Gasteiger partial charge in [-0.15, -0.1) is 0 Å². The summed E-state index contributed by atoms with van der Waals surface area (Å²) in [6, 6.07) is 12.2. The van der Waals surface area contributed by atoms with Crippen LogP contribution in [0.1, 0.15) is 27.6 Å². The second-order valence-corrected chi connectivity index (χ2v) is 7.85. The summed E-state index contributed by atoms with van der Waals surface area (Å²) < 4.78 is 25.2. The van der Waals surface area contributed by atoms with Gasteiger partial charge in [-0.2, -0.15) is 0 Å². The maximum atomic E-state index is 12.3. The molecule has 138 valence electrons. The van der Waals surface area contributed by atoms with Crippen LogP contribution < -0.4 is 10.6 Å². The average molecular weight is 375 g/mol. The maximum absolute atomic E-state index is 12.3. The van der Waals surface area contributed by atoms with Gasteiger partial charge in [0.25, 0.3) is 11.8 Å². The molecule has 0 unspecified atom stereocenters. The molecule has 0 aromatic heterocycles. The van der Waals surface area contributed by atoms with Crippen LogP contribution in [0.3, 0.4) is 0 Å². The molecule has 0 aliphatic carbocycles. The molecule has 26 heavy (non-hydrogen) atoms. The van der Waals surface area contributed by atoms with Gasteiger partial charge in [-0.05, 0) is 55.5 Å². The Kier molecular flexibility index (Phi) is 6.12. The van der Waals surface area contributed by atoms with Gasteiger partial charge in [0.05, 0.1) is 4.90 Å². The molecule has 0 saturated heterocycles. The number of carbonyl (C=O) groups is 2. The van der Waals surface area contributed by atoms with E-state index in [2.05, 4.69) is 10.6 Å². The van der Waals surface area contributed by atoms with Crippen molar-refractivity contribution < 1.29 is 18.0 Å². The summed E-state index contributed by atoms with van der Waals surface area (Å²) in [5, 5.41) is 5.40. The predicted octanol–water partition coefficient (Wildman–Crippen LogP) is 1.94. The lowest BCUT2D eigenvalue weighted by atomic mass is 10.1. The first-order valence-electron chi connectivity index (χ1n) is 7.98. The second-order valence-electron chi connectivity index (χ2n) is 5.70. The molecule has 2 aromatic carbocycles. The number of sulfonamides is 1. The number of benzene rings is 2. The van der Waals surface area contributed by atoms with Crippen molar-refractivity contribution in [2.45, 2.75) is 11.8 Å². The lowest BCUT2D eigenvalue weighted by molar-refractivity contribution is 0.0955. The molecule has 0 aliphatic heterocycles. The van der Waals surface area contributed by atoms with Crippen LogP contribution in [0.4, 0.5) is 5.69 Å². The largest absolute Gasteiger partial charge is 0.352 e. The van der Waals surface area contributed by atoms with Crippen LogP contribution in [0.25, 0.3) is 0 Å². The number of nitrogens with one attached hydrogen (secondary N) is 2. The van der Waals surface area contributed by atoms with E-state index in [1.807, 2.05) is 6.92 Å². The standard InChI is InChI=1S/C18H21N3O4S/c1-4-19-17(22)13-5-9-15(10-6-13)20-18(23)14-7-11-16(12-8-14)26(24,25)21(2)3/h5-12H,4H2,1-3H3,(H,19,22)(H,20,23). The van der Waals surface area contributed by atoms with Crippen molar-refractivity contribution in [2.75, 3.05) is 26.0 Å². The van der Waals surface area contributed by atoms with Crippen LogP contribution in [0.15, 0.2) is 53.4 Å². The molecule has 0 radical (unpaired) electrons. The lowest BCUT2D eigenvalue weighted by Crippen LogP contribution is -2.22. The molecule has 2 rings (SSSR count). The summed E-state index contributed by atoms with van der Waals surface area (Å²) in [7, 11) is -0.643. The quantitative estimate of drug-likeness (QED) is 0.806. The van der Waals surface area contributed by atoms with Crippen LogP contribution in [-0.2, 0) is 10.0 Å². The van der Waals surface area contributed by atoms with Gasteiger partial charge in [-0.25, -0.2) is 12.7 Å². The first kappa shape index (κ1) is 19.6. The molecule has 2 amide bonds. The van der Waals surface area contributed by atoms with E-state index in [4.69, 9.17) is 0 Å². The molecule has 8 heteroatoms. The Morgan fingerprint density at radius 3 is 1.88 bits per heavy atom. The van der Waals surface area contributed by atoms with Crippen molar-refractivity contribution in [3.8, 4) is 0 Å². The first-order chi connectivity index (χ1) is 12.3. The van der Waals surface area contributed by atoms with E-state index in [0.717, 1.165) is 4.31 Å². The summed E-state index contributed by atoms with van der Waals surface area (Å²) in [5.74, 6) is -0.548. The Balaban J connectivity index is 2.09. The van der Waals surface area contributed by atoms with E-state index < -0.39 is 10.0 Å². The molecular weight excluding hydrogens is 354 g/mol. The number of amides is 2. The van der Waals surface area contributed by atoms with Crippen molar-refractivity contribution in [2.24, 2.45) is 0 Å². The van der Waals surface area contributed by atoms with Gasteiger partial charge in [0.15, 0.2) is 0 Å². The Morgan fingerprint density at radius 2 is 1.38 bits per heavy atom. The summed E-state index contributed by atoms with van der Waals surface area (Å²) >= 11 is 0. The fraction of sp³-hybridized carbons (Fsp3) is 0.222. The minimum atomic E-state index is -3.53. The monoisotopic (exact) mass is 375 g/mol. The molecule has 0 saturated carbocycles. The highest BCUT2D eigenvalue weighted by Gasteiger charge is 2.17. The van der Waals surface area contributed by atoms with Crippen LogP contribution in [-0.4, -0.2) is 45.2 Å². The fourth-order valence-electron chi connectivity index (χ4n) is 2.16. The zero-order valence-corrected chi connectivity index (χ0v) is 15.6. The van der Waals surface area contributed by atoms with Gasteiger partial charge in [0.2, 0.25) is 10.0 Å². The third-order valence-corrected chi connectivity index (χ3v) is 5.47. The minimum absolute atomic E-state index is 0.116. The summed E-state index contributed by atoms with van der Waals surface area (Å²) in [4.78, 5) is 24.1. The Morgan fingerprint density at radius 1 is 0.885 bits per heavy atom. The van der Waals surface area contributed by atoms with E-state index >= 15 is 0 Å². The zero-order valence-electron chi connectivity index (χ0n) is 14.8. The SMILES string of the molecule is CCNC(=O)c1ccc(NC(=O)c2ccc(S(=O)(=O)N(C)C)cc2)cc1. The number of rotatable bonds is 6. The number of anilines is 1. The first-order valence-corrected chi connectivity index (χ1v) is 9.42. The normalized spacial score (nSPS) is 11.2. The second kappa shape index (κ2) is 8.11. The summed E-state index contributed by atoms with van der Waals surface area (Å²) in [5.41, 5.74) is 1.37. The number of hydrogen-bond donors (Lipinski definition) is 2. The third kappa shape index (κ3) is 4.47. The highest BCUT2D eigenvalue weighted by molar-refractivity contribution is 7.89. The van der Waals surface area contributed by atoms with Crippen LogP contribution >= 0.6 is 0 Å². The van der Waals surface area contributed by atoms with E-state index in [9.17, 15) is 18.0 Å². The van der Waals surface area contributed by atoms with Gasteiger partial charge >= 0.3 is 0 Å². The summed E-state index contributed by atoms with van der Waals surface area (Å²) in [6.45, 7) is 2.37. The fourth-order valence-corrected chi connectivity index (χ4v) is 3.06. The molecule has 2 aromatic rings. The summed E-state index contributed by atoms with van der Waals surface area (Å²) in [6.07, 6.45) is 0. The van der Waals surface area contributed by atoms with Crippen LogP contribution in [0.2, 0.25) is 0 Å². The van der Waals surface area contributed by atoms with Crippen molar-refractivity contribution in [3.63, 3.8) is 0 Å². The Bertz CT molecular complexity index is 889. The van der Waals surface area contributed by atoms with Gasteiger partial charge < -0.3 is 10.6 Å². The minimum Gasteiger partial charge on any atom is -0.352 e. The molecule has 0 fully saturated rings. The Hall–Kier alpha value is -2.71. The maximum Gasteiger partial charge on any atom is 0.255 e. The van der Waals surface area contributed by atoms with E-state index in [1.54, 1.807) is 24.3 Å². The van der Waals surface area contributed by atoms with Crippen molar-refractivity contribution in [1.82, 2.24) is 9.62 Å². The van der Waals surface area contributed by atoms with Gasteiger partial charge in [-0.1, -0.05) is 0 Å². The molecule has 0 atom stereocenters. The number of nitrogens with zero attached hydrogens (tertiary/aromatic N) is 1. The van der Waals surface area contributed by atoms with Crippen molar-refractivity contribution in [3.05, 3.63) is 59.7 Å². The van der Waals surface area contributed by atoms with Crippen molar-refractivity contribution in [1.29, 1.82) is 0 Å². The lowest BCUT2D eigenvalue weighted by Gasteiger charge is -2.11. The predicted molar refractivity (Wildman–Crippen MR) is 99.7 cm³/mol. The van der Waals surface area contributed by atoms with Gasteiger partial charge in [-0.3, -0.25) is 9.59 Å².